The number of carbonyl (C=O) groups excluding carboxylic acids is 3. The Hall–Kier alpha value is -2.69. The Morgan fingerprint density at radius 3 is 2.43 bits per heavy atom. The first kappa shape index (κ1) is 22.0. The molecule has 2 heterocycles. The van der Waals surface area contributed by atoms with Gasteiger partial charge in [-0.3, -0.25) is 9.59 Å². The van der Waals surface area contributed by atoms with Gasteiger partial charge in [0.15, 0.2) is 12.4 Å². The molecule has 3 rings (SSSR count). The van der Waals surface area contributed by atoms with Crippen molar-refractivity contribution in [3.05, 3.63) is 35.9 Å². The van der Waals surface area contributed by atoms with Crippen LogP contribution in [-0.2, 0) is 44.6 Å². The van der Waals surface area contributed by atoms with E-state index in [1.807, 2.05) is 30.3 Å². The minimum Gasteiger partial charge on any atom is -0.457 e. The number of rotatable bonds is 5. The third-order valence-electron chi connectivity index (χ3n) is 4.57. The number of alkyl carbamates (subject to hydrolysis) is 1. The lowest BCUT2D eigenvalue weighted by molar-refractivity contribution is -0.333. The predicted octanol–water partition coefficient (Wildman–Crippen LogP) is 1.26. The van der Waals surface area contributed by atoms with Gasteiger partial charge in [-0.25, -0.2) is 4.79 Å². The molecular weight excluding hydrogens is 398 g/mol. The Morgan fingerprint density at radius 1 is 1.07 bits per heavy atom. The van der Waals surface area contributed by atoms with Crippen LogP contribution >= 0.6 is 0 Å². The SMILES string of the molecule is CC(=O)OC1O[C@@H]2COC(C)O[C@H]2[C@H](OC(C)=O)[C@H]1NC(=O)OCc1ccccc1. The maximum Gasteiger partial charge on any atom is 0.408 e. The van der Waals surface area contributed by atoms with Crippen molar-refractivity contribution in [2.45, 2.75) is 64.3 Å². The first-order valence-electron chi connectivity index (χ1n) is 9.57. The van der Waals surface area contributed by atoms with Crippen LogP contribution in [0.3, 0.4) is 0 Å². The molecule has 0 aromatic heterocycles. The number of hydrogen-bond donors (Lipinski definition) is 1. The Bertz CT molecular complexity index is 756. The van der Waals surface area contributed by atoms with Crippen LogP contribution < -0.4 is 5.32 Å². The minimum atomic E-state index is -1.22. The molecule has 1 amide bonds. The van der Waals surface area contributed by atoms with Crippen LogP contribution in [0.2, 0.25) is 0 Å². The van der Waals surface area contributed by atoms with Crippen LogP contribution in [-0.4, -0.2) is 61.6 Å². The molecule has 30 heavy (non-hydrogen) atoms. The van der Waals surface area contributed by atoms with Crippen LogP contribution in [0.25, 0.3) is 0 Å². The molecular formula is C20H25NO9. The summed E-state index contributed by atoms with van der Waals surface area (Å²) in [4.78, 5) is 35.8. The second-order valence-electron chi connectivity index (χ2n) is 6.96. The van der Waals surface area contributed by atoms with Crippen molar-refractivity contribution in [1.82, 2.24) is 5.32 Å². The Balaban J connectivity index is 1.76. The Labute approximate surface area is 173 Å². The topological polar surface area (TPSA) is 119 Å². The fourth-order valence-corrected chi connectivity index (χ4v) is 3.34. The number of carbonyl (C=O) groups is 3. The lowest BCUT2D eigenvalue weighted by atomic mass is 9.95. The molecule has 0 saturated carbocycles. The Kier molecular flexibility index (Phi) is 7.24. The third kappa shape index (κ3) is 5.68. The molecule has 10 nitrogen and oxygen atoms in total. The Morgan fingerprint density at radius 2 is 1.77 bits per heavy atom. The van der Waals surface area contributed by atoms with Crippen LogP contribution in [0.4, 0.5) is 4.79 Å². The molecule has 6 atom stereocenters. The summed E-state index contributed by atoms with van der Waals surface area (Å²) in [5.74, 6) is -1.22. The normalized spacial score (nSPS) is 30.5. The zero-order valence-corrected chi connectivity index (χ0v) is 16.9. The van der Waals surface area contributed by atoms with Gasteiger partial charge in [-0.15, -0.1) is 0 Å². The van der Waals surface area contributed by atoms with Gasteiger partial charge in [0.2, 0.25) is 6.29 Å². The summed E-state index contributed by atoms with van der Waals surface area (Å²) in [6, 6.07) is 8.06. The molecule has 2 saturated heterocycles. The van der Waals surface area contributed by atoms with E-state index in [0.717, 1.165) is 5.56 Å². The maximum absolute atomic E-state index is 12.4. The summed E-state index contributed by atoms with van der Waals surface area (Å²) in [6.07, 6.45) is -4.96. The second kappa shape index (κ2) is 9.88. The van der Waals surface area contributed by atoms with Crippen molar-refractivity contribution in [3.8, 4) is 0 Å². The molecule has 1 aromatic rings. The van der Waals surface area contributed by atoms with E-state index in [-0.39, 0.29) is 13.2 Å². The smallest absolute Gasteiger partial charge is 0.408 e. The van der Waals surface area contributed by atoms with Crippen molar-refractivity contribution < 1.29 is 42.8 Å². The van der Waals surface area contributed by atoms with Crippen molar-refractivity contribution in [3.63, 3.8) is 0 Å². The number of amides is 1. The summed E-state index contributed by atoms with van der Waals surface area (Å²) in [5, 5.41) is 2.59. The standard InChI is InChI=1S/C20H25NO9/c1-11(22)27-18-16(21-20(24)26-9-14-7-5-4-6-8-14)19(28-12(2)23)30-15-10-25-13(3)29-17(15)18/h4-8,13,15-19H,9-10H2,1-3H3,(H,21,24)/t13?,15-,16-,17-,18-,19?/m1/s1. The highest BCUT2D eigenvalue weighted by atomic mass is 16.8. The molecule has 1 aromatic carbocycles. The van der Waals surface area contributed by atoms with Gasteiger partial charge in [0.1, 0.15) is 24.9 Å². The molecule has 0 bridgehead atoms. The summed E-state index contributed by atoms with van der Waals surface area (Å²) in [6.45, 7) is 4.31. The van der Waals surface area contributed by atoms with Gasteiger partial charge in [0.25, 0.3) is 0 Å². The lowest BCUT2D eigenvalue weighted by Crippen LogP contribution is -2.68. The van der Waals surface area contributed by atoms with E-state index in [2.05, 4.69) is 5.32 Å². The summed E-state index contributed by atoms with van der Waals surface area (Å²) in [7, 11) is 0. The summed E-state index contributed by atoms with van der Waals surface area (Å²) >= 11 is 0. The van der Waals surface area contributed by atoms with Gasteiger partial charge in [-0.2, -0.15) is 0 Å². The number of benzene rings is 1. The highest BCUT2D eigenvalue weighted by molar-refractivity contribution is 5.69. The zero-order valence-electron chi connectivity index (χ0n) is 16.9. The van der Waals surface area contributed by atoms with Crippen LogP contribution in [0.15, 0.2) is 30.3 Å². The van der Waals surface area contributed by atoms with Crippen molar-refractivity contribution >= 4 is 18.0 Å². The molecule has 0 radical (unpaired) electrons. The monoisotopic (exact) mass is 423 g/mol. The zero-order chi connectivity index (χ0) is 21.7. The van der Waals surface area contributed by atoms with Crippen molar-refractivity contribution in [1.29, 1.82) is 0 Å². The number of esters is 2. The maximum atomic E-state index is 12.4. The average molecular weight is 423 g/mol. The van der Waals surface area contributed by atoms with Gasteiger partial charge in [-0.1, -0.05) is 30.3 Å². The van der Waals surface area contributed by atoms with Crippen molar-refractivity contribution in [2.75, 3.05) is 6.61 Å². The first-order valence-corrected chi connectivity index (χ1v) is 9.57. The molecule has 2 aliphatic rings. The third-order valence-corrected chi connectivity index (χ3v) is 4.57. The quantitative estimate of drug-likeness (QED) is 0.551. The van der Waals surface area contributed by atoms with Gasteiger partial charge < -0.3 is 33.7 Å². The van der Waals surface area contributed by atoms with Gasteiger partial charge in [-0.05, 0) is 12.5 Å². The first-order chi connectivity index (χ1) is 14.3. The van der Waals surface area contributed by atoms with Gasteiger partial charge in [0.05, 0.1) is 6.61 Å². The van der Waals surface area contributed by atoms with E-state index >= 15 is 0 Å². The highest BCUT2D eigenvalue weighted by Gasteiger charge is 2.53. The van der Waals surface area contributed by atoms with E-state index in [1.165, 1.54) is 13.8 Å². The number of fused-ring (bicyclic) bond motifs is 1. The second-order valence-corrected chi connectivity index (χ2v) is 6.96. The number of nitrogens with one attached hydrogen (secondary N) is 1. The molecule has 0 aliphatic carbocycles. The number of ether oxygens (including phenoxy) is 6. The largest absolute Gasteiger partial charge is 0.457 e. The molecule has 2 fully saturated rings. The van der Waals surface area contributed by atoms with E-state index in [4.69, 9.17) is 28.4 Å². The lowest BCUT2D eigenvalue weighted by Gasteiger charge is -2.47. The minimum absolute atomic E-state index is 0.0319. The molecule has 2 unspecified atom stereocenters. The van der Waals surface area contributed by atoms with E-state index in [0.29, 0.717) is 0 Å². The van der Waals surface area contributed by atoms with Crippen molar-refractivity contribution in [2.24, 2.45) is 0 Å². The fourth-order valence-electron chi connectivity index (χ4n) is 3.34. The molecule has 10 heteroatoms. The summed E-state index contributed by atoms with van der Waals surface area (Å²) in [5.41, 5.74) is 0.794. The van der Waals surface area contributed by atoms with Crippen LogP contribution in [0.5, 0.6) is 0 Å². The molecule has 0 spiro atoms. The molecule has 164 valence electrons. The highest BCUT2D eigenvalue weighted by Crippen LogP contribution is 2.31. The van der Waals surface area contributed by atoms with Crippen LogP contribution in [0.1, 0.15) is 26.3 Å². The van der Waals surface area contributed by atoms with E-state index in [9.17, 15) is 14.4 Å². The molecule has 2 aliphatic heterocycles. The van der Waals surface area contributed by atoms with Crippen LogP contribution in [0, 0.1) is 0 Å². The number of hydrogen-bond acceptors (Lipinski definition) is 9. The van der Waals surface area contributed by atoms with Gasteiger partial charge in [0, 0.05) is 13.8 Å². The van der Waals surface area contributed by atoms with E-state index < -0.39 is 55.0 Å². The molecule has 1 N–H and O–H groups in total. The fraction of sp³-hybridized carbons (Fsp3) is 0.550. The average Bonchev–Trinajstić information content (AvgIpc) is 2.69. The summed E-state index contributed by atoms with van der Waals surface area (Å²) < 4.78 is 32.8. The van der Waals surface area contributed by atoms with E-state index in [1.54, 1.807) is 6.92 Å². The predicted molar refractivity (Wildman–Crippen MR) is 99.8 cm³/mol. The van der Waals surface area contributed by atoms with Gasteiger partial charge >= 0.3 is 18.0 Å².